The zero-order valence-electron chi connectivity index (χ0n) is 7.72. The lowest BCUT2D eigenvalue weighted by atomic mass is 10.6. The molecule has 0 aliphatic rings. The Morgan fingerprint density at radius 3 is 1.64 bits per heavy atom. The van der Waals surface area contributed by atoms with E-state index in [1.54, 1.807) is 0 Å². The van der Waals surface area contributed by atoms with Crippen molar-refractivity contribution in [2.75, 3.05) is 13.1 Å². The van der Waals surface area contributed by atoms with Crippen molar-refractivity contribution in [1.82, 2.24) is 5.06 Å². The van der Waals surface area contributed by atoms with Gasteiger partial charge in [0.15, 0.2) is 9.04 Å². The van der Waals surface area contributed by atoms with E-state index in [1.165, 1.54) is 5.06 Å². The molecule has 5 heteroatoms. The van der Waals surface area contributed by atoms with E-state index in [2.05, 4.69) is 27.7 Å². The van der Waals surface area contributed by atoms with Gasteiger partial charge in [-0.1, -0.05) is 13.8 Å². The van der Waals surface area contributed by atoms with Gasteiger partial charge in [-0.15, -0.1) is 0 Å². The van der Waals surface area contributed by atoms with E-state index in [9.17, 15) is 0 Å². The molecule has 0 atom stereocenters. The van der Waals surface area contributed by atoms with E-state index < -0.39 is 9.04 Å². The van der Waals surface area contributed by atoms with Gasteiger partial charge in [0, 0.05) is 13.1 Å². The molecule has 0 rings (SSSR count). The van der Waals surface area contributed by atoms with E-state index in [4.69, 9.17) is 5.21 Å². The van der Waals surface area contributed by atoms with E-state index in [0.717, 1.165) is 13.1 Å². The van der Waals surface area contributed by atoms with Gasteiger partial charge in [-0.2, -0.15) is 5.06 Å². The van der Waals surface area contributed by atoms with Crippen molar-refractivity contribution >= 4 is 19.5 Å². The van der Waals surface area contributed by atoms with Gasteiger partial charge < -0.3 is 9.32 Å². The van der Waals surface area contributed by atoms with Crippen LogP contribution in [0.4, 0.5) is 0 Å². The van der Waals surface area contributed by atoms with Crippen molar-refractivity contribution in [3.05, 3.63) is 0 Å². The summed E-state index contributed by atoms with van der Waals surface area (Å²) in [5, 5.41) is 9.75. The fraction of sp³-hybridized carbons (Fsp3) is 1.00. The van der Waals surface area contributed by atoms with Gasteiger partial charge in [-0.05, 0) is 13.1 Å². The highest BCUT2D eigenvalue weighted by molar-refractivity contribution is 6.52. The molecule has 0 fully saturated rings. The molecule has 0 aliphatic heterocycles. The number of hydrogen-bond acceptors (Lipinski definition) is 3. The van der Waals surface area contributed by atoms with Crippen LogP contribution >= 0.6 is 0 Å². The van der Waals surface area contributed by atoms with Crippen LogP contribution in [0, 0.1) is 0 Å². The summed E-state index contributed by atoms with van der Waals surface area (Å²) in [5.41, 5.74) is 0. The van der Waals surface area contributed by atoms with Crippen LogP contribution in [-0.2, 0) is 4.12 Å². The van der Waals surface area contributed by atoms with Crippen LogP contribution in [0.1, 0.15) is 13.8 Å². The summed E-state index contributed by atoms with van der Waals surface area (Å²) >= 11 is 0. The molecule has 0 unspecified atom stereocenters. The summed E-state index contributed by atoms with van der Waals surface area (Å²) in [7, 11) is 2.44. The topological polar surface area (TPSA) is 32.7 Å². The summed E-state index contributed by atoms with van der Waals surface area (Å²) in [5.74, 6) is 0. The van der Waals surface area contributed by atoms with Crippen molar-refractivity contribution in [1.29, 1.82) is 0 Å². The first-order valence-electron chi connectivity index (χ1n) is 3.65. The van der Waals surface area contributed by atoms with Crippen molar-refractivity contribution in [3.63, 3.8) is 0 Å². The Balaban J connectivity index is 0. The van der Waals surface area contributed by atoms with Crippen LogP contribution in [0.3, 0.4) is 0 Å². The Labute approximate surface area is 74.6 Å². The Hall–Kier alpha value is 0.314. The Bertz CT molecular complexity index is 69.6. The zero-order chi connectivity index (χ0) is 9.28. The molecule has 1 N–H and O–H groups in total. The van der Waals surface area contributed by atoms with E-state index >= 15 is 0 Å². The Kier molecular flexibility index (Phi) is 13.0. The number of nitrogens with zero attached hydrogens (tertiary/aromatic N) is 1. The third-order valence-corrected chi connectivity index (χ3v) is 2.57. The van der Waals surface area contributed by atoms with Gasteiger partial charge in [0.05, 0.1) is 0 Å². The fourth-order valence-electron chi connectivity index (χ4n) is 0.224. The first kappa shape index (κ1) is 13.9. The molecule has 66 valence electrons. The van der Waals surface area contributed by atoms with Crippen LogP contribution < -0.4 is 0 Å². The molecule has 0 aromatic heterocycles. The quantitative estimate of drug-likeness (QED) is 0.535. The maximum Gasteiger partial charge on any atom is 0.229 e. The second kappa shape index (κ2) is 10.3. The summed E-state index contributed by atoms with van der Waals surface area (Å²) in [4.78, 5) is 0. The van der Waals surface area contributed by atoms with Gasteiger partial charge in [-0.25, -0.2) is 0 Å². The average Bonchev–Trinajstić information content (AvgIpc) is 2.04. The smallest absolute Gasteiger partial charge is 0.229 e. The van der Waals surface area contributed by atoms with Gasteiger partial charge in [0.25, 0.3) is 0 Å². The van der Waals surface area contributed by atoms with Crippen LogP contribution in [0.25, 0.3) is 0 Å². The van der Waals surface area contributed by atoms with Crippen molar-refractivity contribution in [2.45, 2.75) is 26.9 Å². The minimum absolute atomic E-state index is 0.460. The van der Waals surface area contributed by atoms with Crippen molar-refractivity contribution < 1.29 is 9.32 Å². The van der Waals surface area contributed by atoms with Gasteiger partial charge in [0.2, 0.25) is 10.5 Å². The standard InChI is InChI=1S/C4H11NO.C2H6OSi2/c1-3-5(6)4-2;1-5(2)3-4/h6H,3-4H2,1-2H3;1-2H3. The lowest BCUT2D eigenvalue weighted by Gasteiger charge is -2.05. The van der Waals surface area contributed by atoms with E-state index in [1.807, 2.05) is 13.8 Å². The summed E-state index contributed by atoms with van der Waals surface area (Å²) < 4.78 is 4.66. The zero-order valence-corrected chi connectivity index (χ0v) is 9.72. The maximum atomic E-state index is 8.50. The highest BCUT2D eigenvalue weighted by Crippen LogP contribution is 1.73. The number of hydroxylamine groups is 2. The van der Waals surface area contributed by atoms with Crippen LogP contribution in [-0.4, -0.2) is 42.9 Å². The normalized spacial score (nSPS) is 9.82. The van der Waals surface area contributed by atoms with Gasteiger partial charge in [0.1, 0.15) is 0 Å². The Morgan fingerprint density at radius 1 is 1.36 bits per heavy atom. The predicted molar refractivity (Wildman–Crippen MR) is 49.0 cm³/mol. The molecular weight excluding hydrogens is 174 g/mol. The summed E-state index contributed by atoms with van der Waals surface area (Å²) in [6.45, 7) is 9.36. The highest BCUT2D eigenvalue weighted by atomic mass is 28.3. The summed E-state index contributed by atoms with van der Waals surface area (Å²) in [6.07, 6.45) is 0. The predicted octanol–water partition coefficient (Wildman–Crippen LogP) is 1.05. The third-order valence-electron chi connectivity index (χ3n) is 0.934. The molecule has 0 spiro atoms. The molecule has 0 aromatic carbocycles. The minimum atomic E-state index is -0.460. The number of hydrogen-bond donors (Lipinski definition) is 1. The maximum absolute atomic E-state index is 8.50. The van der Waals surface area contributed by atoms with Gasteiger partial charge in [-0.3, -0.25) is 0 Å². The molecule has 0 saturated carbocycles. The molecule has 0 amide bonds. The number of rotatable bonds is 3. The minimum Gasteiger partial charge on any atom is -0.457 e. The molecule has 4 radical (unpaired) electrons. The molecule has 3 nitrogen and oxygen atoms in total. The molecular formula is C6H17NO2Si2. The van der Waals surface area contributed by atoms with Crippen LogP contribution in [0.15, 0.2) is 0 Å². The average molecular weight is 191 g/mol. The fourth-order valence-corrected chi connectivity index (χ4v) is 0.224. The third kappa shape index (κ3) is 17.9. The molecule has 0 aliphatic carbocycles. The van der Waals surface area contributed by atoms with Crippen LogP contribution in [0.5, 0.6) is 0 Å². The lowest BCUT2D eigenvalue weighted by Crippen LogP contribution is -2.16. The SMILES string of the molecule is CCN(O)CC.C[Si](C)O[Si]. The lowest BCUT2D eigenvalue weighted by molar-refractivity contribution is -0.0813. The second-order valence-corrected chi connectivity index (χ2v) is 4.78. The molecule has 0 heterocycles. The summed E-state index contributed by atoms with van der Waals surface area (Å²) in [6, 6.07) is 0. The molecule has 0 aromatic rings. The van der Waals surface area contributed by atoms with Crippen molar-refractivity contribution in [3.8, 4) is 0 Å². The van der Waals surface area contributed by atoms with Gasteiger partial charge >= 0.3 is 0 Å². The van der Waals surface area contributed by atoms with Crippen LogP contribution in [0.2, 0.25) is 13.1 Å². The monoisotopic (exact) mass is 191 g/mol. The molecule has 11 heavy (non-hydrogen) atoms. The second-order valence-electron chi connectivity index (χ2n) is 2.15. The van der Waals surface area contributed by atoms with E-state index in [-0.39, 0.29) is 0 Å². The molecule has 0 bridgehead atoms. The van der Waals surface area contributed by atoms with Crippen molar-refractivity contribution in [2.24, 2.45) is 0 Å². The first-order valence-corrected chi connectivity index (χ1v) is 6.47. The van der Waals surface area contributed by atoms with E-state index in [0.29, 0.717) is 0 Å². The highest BCUT2D eigenvalue weighted by Gasteiger charge is 1.85. The first-order chi connectivity index (χ1) is 5.08. The Morgan fingerprint density at radius 2 is 1.64 bits per heavy atom. The molecule has 0 saturated heterocycles. The largest absolute Gasteiger partial charge is 0.457 e.